The first-order valence-electron chi connectivity index (χ1n) is 20.2. The molecule has 7 heteroatoms. The van der Waals surface area contributed by atoms with Crippen LogP contribution in [0.4, 0.5) is 22.7 Å². The van der Waals surface area contributed by atoms with Gasteiger partial charge >= 0.3 is 197 Å². The Hall–Kier alpha value is -5.89. The molecule has 0 bridgehead atoms. The third-order valence-electron chi connectivity index (χ3n) is 11.3. The molecule has 11 rings (SSSR count). The van der Waals surface area contributed by atoms with Gasteiger partial charge in [0, 0.05) is 49.3 Å². The predicted molar refractivity (Wildman–Crippen MR) is 248 cm³/mol. The van der Waals surface area contributed by atoms with E-state index in [0.29, 0.717) is 11.5 Å². The van der Waals surface area contributed by atoms with Crippen molar-refractivity contribution in [1.29, 1.82) is 0 Å². The Morgan fingerprint density at radius 2 is 1.25 bits per heavy atom. The second-order valence-electron chi connectivity index (χ2n) is 16.1. The van der Waals surface area contributed by atoms with Gasteiger partial charge in [-0.1, -0.05) is 91.0 Å². The van der Waals surface area contributed by atoms with E-state index in [1.165, 1.54) is 8.97 Å². The standard InChI is InChI=1S/C54H39N4OTe.Pt/c1-54(2,3)45-34-51(55-46-30-31-60-53(45)46)58-47-25-11-10-22-43(47)44-29-28-40(33-50(44)58)59-39-21-14-20-38(32-39)56-35-57(49-27-13-12-26-48(49)56)52-41(36-16-6-4-7-17-36)23-15-24-42(52)37-18-8-5-9-19-37;/h4-31,34-35H,1-3H3;/q-3;. The summed E-state index contributed by atoms with van der Waals surface area (Å²) in [6.07, 6.45) is 0. The number of hydrogen-bond donors (Lipinski definition) is 0. The zero-order valence-electron chi connectivity index (χ0n) is 33.7. The van der Waals surface area contributed by atoms with Crippen LogP contribution < -0.4 is 14.5 Å². The Labute approximate surface area is 380 Å². The Bertz CT molecular complexity index is 3170. The molecule has 5 nitrogen and oxygen atoms in total. The molecule has 0 amide bonds. The van der Waals surface area contributed by atoms with Crippen molar-refractivity contribution in [2.24, 2.45) is 0 Å². The first-order valence-corrected chi connectivity index (χ1v) is 22.7. The van der Waals surface area contributed by atoms with Crippen LogP contribution in [0.15, 0.2) is 174 Å². The van der Waals surface area contributed by atoms with Crippen LogP contribution in [-0.2, 0) is 26.5 Å². The third kappa shape index (κ3) is 6.98. The van der Waals surface area contributed by atoms with Gasteiger partial charge < -0.3 is 9.80 Å². The summed E-state index contributed by atoms with van der Waals surface area (Å²) in [6.45, 7) is 9.08. The fraction of sp³-hybridized carbons (Fsp3) is 0.0741. The smallest absolute Gasteiger partial charge is 0 e. The van der Waals surface area contributed by atoms with Crippen molar-refractivity contribution in [2.45, 2.75) is 26.2 Å². The van der Waals surface area contributed by atoms with Gasteiger partial charge in [0.2, 0.25) is 0 Å². The molecular formula is C54H39N4OPtTe-3. The van der Waals surface area contributed by atoms with Crippen molar-refractivity contribution in [1.82, 2.24) is 9.55 Å². The van der Waals surface area contributed by atoms with E-state index in [2.05, 4.69) is 210 Å². The molecule has 300 valence electrons. The van der Waals surface area contributed by atoms with Crippen LogP contribution in [0.5, 0.6) is 11.5 Å². The summed E-state index contributed by atoms with van der Waals surface area (Å²) < 4.78 is 12.7. The maximum atomic E-state index is 6.67. The normalized spacial score (nSPS) is 12.6. The molecule has 61 heavy (non-hydrogen) atoms. The van der Waals surface area contributed by atoms with E-state index in [-0.39, 0.29) is 26.5 Å². The average Bonchev–Trinajstić information content (AvgIpc) is 4.00. The van der Waals surface area contributed by atoms with Crippen LogP contribution in [0.2, 0.25) is 0 Å². The molecule has 0 aliphatic carbocycles. The average molecular weight is 1080 g/mol. The first-order chi connectivity index (χ1) is 29.4. The topological polar surface area (TPSA) is 33.5 Å². The molecule has 1 aliphatic rings. The van der Waals surface area contributed by atoms with Gasteiger partial charge in [-0.3, -0.25) is 0 Å². The molecule has 0 unspecified atom stereocenters. The monoisotopic (exact) mass is 1080 g/mol. The second kappa shape index (κ2) is 15.9. The summed E-state index contributed by atoms with van der Waals surface area (Å²) in [5.74, 6) is 2.12. The van der Waals surface area contributed by atoms with Gasteiger partial charge in [-0.05, 0) is 23.3 Å². The number of aromatic nitrogens is 2. The van der Waals surface area contributed by atoms with Crippen molar-refractivity contribution < 1.29 is 25.8 Å². The molecule has 1 aliphatic heterocycles. The minimum absolute atomic E-state index is 0. The number of ether oxygens (including phenoxy) is 1. The summed E-state index contributed by atoms with van der Waals surface area (Å²) in [5, 5.41) is 2.26. The minimum atomic E-state index is -0.393. The number of anilines is 4. The zero-order chi connectivity index (χ0) is 40.4. The Balaban J connectivity index is 0.00000445. The predicted octanol–water partition coefficient (Wildman–Crippen LogP) is 13.8. The molecule has 0 N–H and O–H groups in total. The maximum Gasteiger partial charge on any atom is 0 e. The molecule has 0 atom stereocenters. The minimum Gasteiger partial charge on any atom is 0 e. The van der Waals surface area contributed by atoms with Crippen molar-refractivity contribution in [3.05, 3.63) is 198 Å². The zero-order valence-corrected chi connectivity index (χ0v) is 38.3. The SMILES string of the molecule is CC(C)(C)c1cc(-n2c3[c-]c(Oc4[c-]c(N5[CH-]N(c6c(-c7ccccc7)cccc6-c6ccccc6)c6ccccc65)ccc4)ccc3c3ccccc32)nc2cc[te]c12.[Pt]. The Morgan fingerprint density at radius 3 is 1.97 bits per heavy atom. The van der Waals surface area contributed by atoms with E-state index >= 15 is 0 Å². The third-order valence-corrected chi connectivity index (χ3v) is 14.0. The van der Waals surface area contributed by atoms with E-state index < -0.39 is 20.4 Å². The Morgan fingerprint density at radius 1 is 0.607 bits per heavy atom. The summed E-state index contributed by atoms with van der Waals surface area (Å²) >= 11 is -0.393. The Kier molecular flexibility index (Phi) is 10.2. The molecule has 0 saturated carbocycles. The van der Waals surface area contributed by atoms with E-state index in [4.69, 9.17) is 9.72 Å². The first kappa shape index (κ1) is 39.3. The molecule has 10 aromatic rings. The number of nitrogens with zero attached hydrogens (tertiary/aromatic N) is 4. The van der Waals surface area contributed by atoms with Crippen LogP contribution in [0, 0.1) is 18.8 Å². The number of hydrogen-bond acceptors (Lipinski definition) is 4. The maximum absolute atomic E-state index is 6.67. The van der Waals surface area contributed by atoms with Gasteiger partial charge in [0.15, 0.2) is 0 Å². The van der Waals surface area contributed by atoms with Crippen molar-refractivity contribution >= 4 is 73.9 Å². The summed E-state index contributed by atoms with van der Waals surface area (Å²) in [7, 11) is 0. The van der Waals surface area contributed by atoms with Crippen molar-refractivity contribution in [3.63, 3.8) is 0 Å². The molecule has 7 aromatic carbocycles. The quantitative estimate of drug-likeness (QED) is 0.118. The number of para-hydroxylation sites is 4. The van der Waals surface area contributed by atoms with E-state index in [1.54, 1.807) is 0 Å². The number of rotatable bonds is 7. The molecular weight excluding hydrogens is 1040 g/mol. The second-order valence-corrected chi connectivity index (χ2v) is 18.7. The molecule has 3 aromatic heterocycles. The molecule has 0 fully saturated rings. The molecule has 0 spiro atoms. The van der Waals surface area contributed by atoms with E-state index in [1.807, 2.05) is 18.2 Å². The van der Waals surface area contributed by atoms with Crippen LogP contribution in [-0.4, -0.2) is 30.0 Å². The van der Waals surface area contributed by atoms with Gasteiger partial charge in [-0.25, -0.2) is 0 Å². The van der Waals surface area contributed by atoms with Gasteiger partial charge in [-0.2, -0.15) is 0 Å². The molecule has 4 heterocycles. The van der Waals surface area contributed by atoms with Gasteiger partial charge in [-0.15, -0.1) is 12.7 Å². The van der Waals surface area contributed by atoms with Gasteiger partial charge in [0.05, 0.1) is 0 Å². The van der Waals surface area contributed by atoms with Crippen LogP contribution in [0.25, 0.3) is 58.8 Å². The number of pyridine rings is 1. The fourth-order valence-electron chi connectivity index (χ4n) is 8.53. The van der Waals surface area contributed by atoms with Crippen molar-refractivity contribution in [3.8, 4) is 39.6 Å². The molecule has 0 radical (unpaired) electrons. The summed E-state index contributed by atoms with van der Waals surface area (Å²) in [6, 6.07) is 67.0. The summed E-state index contributed by atoms with van der Waals surface area (Å²) in [5.41, 5.74) is 13.2. The largest absolute Gasteiger partial charge is 0 e. The number of fused-ring (bicyclic) bond motifs is 5. The van der Waals surface area contributed by atoms with Crippen LogP contribution in [0.3, 0.4) is 0 Å². The van der Waals surface area contributed by atoms with Gasteiger partial charge in [0.1, 0.15) is 0 Å². The van der Waals surface area contributed by atoms with E-state index in [0.717, 1.165) is 78.1 Å². The summed E-state index contributed by atoms with van der Waals surface area (Å²) in [4.78, 5) is 9.78. The van der Waals surface area contributed by atoms with Crippen LogP contribution >= 0.6 is 0 Å². The fourth-order valence-corrected chi connectivity index (χ4v) is 11.6. The number of benzene rings is 7. The van der Waals surface area contributed by atoms with Gasteiger partial charge in [0.25, 0.3) is 0 Å². The molecule has 0 saturated heterocycles. The van der Waals surface area contributed by atoms with Crippen LogP contribution in [0.1, 0.15) is 26.3 Å². The van der Waals surface area contributed by atoms with Crippen molar-refractivity contribution in [2.75, 3.05) is 9.80 Å². The van der Waals surface area contributed by atoms with E-state index in [9.17, 15) is 0 Å².